The SMILES string of the molecule is CC(C)C[C@H](NC(=O)[C@@H](NC(=O)[C@@H]1CSCN1C(=O)CNC(=O)Cc1cc(=O)oc2cc([NH3+])ccc12)C(C)(C)C)C(=O)N[C@@H](CCC(N)=O)C(=O)N[C@@H](CO)C(=O)NCC(=O)N[C@@H](Cc1ccccc1)C(=O)N[C@@H](CCC[NH+]=C(N)N)C(=O)N[C@@H](CCCCNc1ccc([N+](=O)[O-])cc1[N+](=O)[O-])C(=O)N[C@@H](CCCC[NH3+])C(N)=O.O=C([O-])C(F)(F)F.O=C([O-])C(F)(F)F.O=C([O-])C(F)(F)F. The third kappa shape index (κ3) is 43.8. The van der Waals surface area contributed by atoms with E-state index in [1.165, 1.54) is 28.8 Å². The summed E-state index contributed by atoms with van der Waals surface area (Å²) in [6.45, 7) is 6.47. The number of amides is 13. The summed E-state index contributed by atoms with van der Waals surface area (Å²) in [5.41, 5.74) is 28.8. The van der Waals surface area contributed by atoms with Crippen molar-refractivity contribution in [2.75, 3.05) is 56.3 Å². The molecule has 27 N–H and O–H groups in total. The van der Waals surface area contributed by atoms with Crippen molar-refractivity contribution in [3.63, 3.8) is 0 Å². The van der Waals surface area contributed by atoms with Crippen molar-refractivity contribution >= 4 is 146 Å². The smallest absolute Gasteiger partial charge is 0.430 e. The van der Waals surface area contributed by atoms with Crippen LogP contribution in [-0.4, -0.2) is 244 Å². The number of carbonyl (C=O) groups is 16. The maximum Gasteiger partial charge on any atom is 0.430 e. The van der Waals surface area contributed by atoms with Gasteiger partial charge in [-0.05, 0) is 105 Å². The highest BCUT2D eigenvalue weighted by atomic mass is 32.2. The molecule has 1 fully saturated rings. The molecular formula is C78H106F9N21O26S. The summed E-state index contributed by atoms with van der Waals surface area (Å²) < 4.78 is 99.9. The Hall–Kier alpha value is -14.1. The Bertz CT molecular complexity index is 4850. The number of carbonyl (C=O) groups excluding carboxylic acids is 16. The minimum Gasteiger partial charge on any atom is -0.542 e. The van der Waals surface area contributed by atoms with Gasteiger partial charge >= 0.3 is 30.1 Å². The summed E-state index contributed by atoms with van der Waals surface area (Å²) in [4.78, 5) is 244. The number of aliphatic hydroxyl groups excluding tert-OH is 1. The largest absolute Gasteiger partial charge is 0.542 e. The zero-order chi connectivity index (χ0) is 103. The van der Waals surface area contributed by atoms with Gasteiger partial charge in [-0.2, -0.15) is 39.5 Å². The number of rotatable bonds is 47. The van der Waals surface area contributed by atoms with E-state index >= 15 is 0 Å². The van der Waals surface area contributed by atoms with Crippen molar-refractivity contribution in [1.29, 1.82) is 0 Å². The van der Waals surface area contributed by atoms with Crippen molar-refractivity contribution in [3.05, 3.63) is 115 Å². The highest BCUT2D eigenvalue weighted by molar-refractivity contribution is 7.99. The van der Waals surface area contributed by atoms with Gasteiger partial charge in [0.25, 0.3) is 11.4 Å². The first-order valence-corrected chi connectivity index (χ1v) is 41.7. The van der Waals surface area contributed by atoms with Gasteiger partial charge in [0.15, 0.2) is 0 Å². The number of aliphatic carboxylic acids is 3. The number of fused-ring (bicyclic) bond motifs is 1. The summed E-state index contributed by atoms with van der Waals surface area (Å²) in [7, 11) is 0. The van der Waals surface area contributed by atoms with Crippen LogP contribution in [0.25, 0.3) is 11.0 Å². The lowest BCUT2D eigenvalue weighted by atomic mass is 9.85. The number of carboxylic acids is 3. The molecule has 135 heavy (non-hydrogen) atoms. The second-order valence-electron chi connectivity index (χ2n) is 31.0. The maximum atomic E-state index is 14.6. The van der Waals surface area contributed by atoms with E-state index in [-0.39, 0.29) is 106 Å². The number of thioether (sulfide) groups is 1. The van der Waals surface area contributed by atoms with Crippen LogP contribution in [0.1, 0.15) is 116 Å². The van der Waals surface area contributed by atoms with Gasteiger partial charge in [0.1, 0.15) is 89.2 Å². The maximum absolute atomic E-state index is 14.6. The average Bonchev–Trinajstić information content (AvgIpc) is 1.55. The number of halogens is 9. The number of nitro benzene ring substituents is 2. The summed E-state index contributed by atoms with van der Waals surface area (Å²) in [5, 5.41) is 88.7. The molecule has 5 rings (SSSR count). The topological polar surface area (TPSA) is 788 Å². The molecule has 2 heterocycles. The number of quaternary nitrogens is 2. The number of alkyl halides is 9. The zero-order valence-electron chi connectivity index (χ0n) is 73.1. The lowest BCUT2D eigenvalue weighted by Crippen LogP contribution is -2.78. The number of nitrogens with one attached hydrogen (secondary N) is 12. The molecule has 57 heteroatoms. The quantitative estimate of drug-likeness (QED) is 0.00371. The van der Waals surface area contributed by atoms with Gasteiger partial charge in [-0.3, -0.25) is 99.0 Å². The molecule has 748 valence electrons. The third-order valence-electron chi connectivity index (χ3n) is 18.7. The van der Waals surface area contributed by atoms with E-state index in [2.05, 4.69) is 74.9 Å². The zero-order valence-corrected chi connectivity index (χ0v) is 73.9. The molecule has 0 spiro atoms. The first-order chi connectivity index (χ1) is 62.7. The highest BCUT2D eigenvalue weighted by Crippen LogP contribution is 2.30. The molecule has 0 saturated carbocycles. The van der Waals surface area contributed by atoms with Gasteiger partial charge in [-0.1, -0.05) is 65.0 Å². The molecule has 13 amide bonds. The number of guanidine groups is 1. The molecule has 0 radical (unpaired) electrons. The molecule has 47 nitrogen and oxygen atoms in total. The Morgan fingerprint density at radius 1 is 0.593 bits per heavy atom. The van der Waals surface area contributed by atoms with Crippen LogP contribution >= 0.6 is 11.8 Å². The second-order valence-corrected chi connectivity index (χ2v) is 32.0. The normalized spacial score (nSPS) is 14.1. The predicted octanol–water partition coefficient (Wildman–Crippen LogP) is -8.16. The van der Waals surface area contributed by atoms with Crippen molar-refractivity contribution in [2.24, 2.45) is 34.3 Å². The number of anilines is 1. The lowest BCUT2D eigenvalue weighted by Gasteiger charge is -2.34. The Labute approximate surface area is 764 Å². The fourth-order valence-electron chi connectivity index (χ4n) is 11.9. The van der Waals surface area contributed by atoms with Crippen molar-refractivity contribution in [3.8, 4) is 0 Å². The van der Waals surface area contributed by atoms with Crippen LogP contribution in [0.2, 0.25) is 0 Å². The van der Waals surface area contributed by atoms with Gasteiger partial charge in [0.2, 0.25) is 76.8 Å². The van der Waals surface area contributed by atoms with E-state index in [9.17, 15) is 132 Å². The molecule has 9 atom stereocenters. The summed E-state index contributed by atoms with van der Waals surface area (Å²) in [6, 6.07) is 4.30. The number of primary amides is 2. The number of nitro groups is 2. The Morgan fingerprint density at radius 2 is 1.10 bits per heavy atom. The molecule has 1 aromatic heterocycles. The van der Waals surface area contributed by atoms with E-state index in [4.69, 9.17) is 57.1 Å². The van der Waals surface area contributed by atoms with Crippen molar-refractivity contribution in [2.45, 2.75) is 191 Å². The fourth-order valence-corrected chi connectivity index (χ4v) is 13.1. The van der Waals surface area contributed by atoms with Gasteiger partial charge < -0.3 is 126 Å². The van der Waals surface area contributed by atoms with Gasteiger partial charge in [0.05, 0.1) is 61.0 Å². The molecule has 0 unspecified atom stereocenters. The van der Waals surface area contributed by atoms with E-state index in [1.54, 1.807) is 83.1 Å². The van der Waals surface area contributed by atoms with Crippen LogP contribution in [0.3, 0.4) is 0 Å². The first-order valence-electron chi connectivity index (χ1n) is 40.6. The second kappa shape index (κ2) is 56.0. The standard InChI is InChI=1S/C72H103N21O20S.3C2HF3O2/c1-39(2)28-50(88-70(108)61(72(3,4)5)90-69(107)54-37-114-38-91(54)59(98)35-81-57(96)30-41-31-60(99)113-55-32-42(74)19-21-44(41)55)67(105)87-49(23-24-56(75)95)66(104)89-52(36-94)63(101)82-34-58(97)83-51(29-40-14-7-6-8-15-40)68(106)86-48(18-13-27-80-71(77)78)65(103)85-47(64(102)84-46(62(76)100)16-9-11-25-73)17-10-12-26-79-45-22-20-43(92(109)110)33-53(45)93(111)112;3*3-2(4,5)1(6)7/h6-8,14-15,19-22,31-33,39,46-52,54,61,79,94H,9-13,16-18,23-30,34-38,73-74H2,1-5H3,(H2,75,95)(H2,76,100)(H,81,96)(H,82,101)(H,83,97)(H,84,102)(H,85,103)(H,86,106)(H,87,105)(H,88,108)(H,89,104)(H,90,107)(H4,77,78,80);3*(H,6,7)/t46-,47-,48-,49-,50-,51-,52-,54-,61+;;;/m0.../s1. The molecule has 0 aliphatic carbocycles. The number of carboxylic acid groups (broad SMARTS) is 3. The third-order valence-corrected chi connectivity index (χ3v) is 19.7. The number of aliphatic hydroxyl groups is 1. The number of benzene rings is 3. The van der Waals surface area contributed by atoms with Crippen molar-refractivity contribution < 1.29 is 167 Å². The number of nitrogens with two attached hydrogens (primary N) is 4. The summed E-state index contributed by atoms with van der Waals surface area (Å²) in [5.74, 6) is -20.9. The number of unbranched alkanes of at least 4 members (excludes halogenated alkanes) is 2. The van der Waals surface area contributed by atoms with Gasteiger partial charge in [-0.15, -0.1) is 11.8 Å². The van der Waals surface area contributed by atoms with E-state index in [1.807, 2.05) is 0 Å². The molecule has 1 aliphatic heterocycles. The monoisotopic (exact) mass is 1960 g/mol. The minimum absolute atomic E-state index is 0.0293. The van der Waals surface area contributed by atoms with E-state index < -0.39 is 232 Å². The van der Waals surface area contributed by atoms with E-state index in [0.717, 1.165) is 12.1 Å². The van der Waals surface area contributed by atoms with Crippen LogP contribution < -0.4 is 119 Å². The van der Waals surface area contributed by atoms with E-state index in [0.29, 0.717) is 41.6 Å². The van der Waals surface area contributed by atoms with Crippen LogP contribution in [0.4, 0.5) is 62.3 Å². The summed E-state index contributed by atoms with van der Waals surface area (Å²) >= 11 is 1.24. The van der Waals surface area contributed by atoms with Crippen LogP contribution in [0.5, 0.6) is 0 Å². The highest BCUT2D eigenvalue weighted by Gasteiger charge is 2.42. The Balaban J connectivity index is 0.00000261. The molecular weight excluding hydrogens is 1850 g/mol. The number of nitrogens with zero attached hydrogens (tertiary/aromatic N) is 3. The Morgan fingerprint density at radius 3 is 1.61 bits per heavy atom. The number of hydrogen-bond acceptors (Lipinski definition) is 28. The molecule has 3 aromatic carbocycles. The van der Waals surface area contributed by atoms with Gasteiger partial charge in [0, 0.05) is 48.7 Å². The average molecular weight is 1960 g/mol. The summed E-state index contributed by atoms with van der Waals surface area (Å²) in [6.07, 6.45) is -15.8. The van der Waals surface area contributed by atoms with Crippen molar-refractivity contribution in [1.82, 2.24) is 58.1 Å². The predicted molar refractivity (Wildman–Crippen MR) is 447 cm³/mol. The number of non-ortho nitro benzene ring substituents is 1. The van der Waals surface area contributed by atoms with Crippen LogP contribution in [-0.2, 0) is 89.6 Å². The molecule has 1 aliphatic rings. The molecule has 4 aromatic rings. The molecule has 0 bridgehead atoms. The van der Waals surface area contributed by atoms with Gasteiger partial charge in [-0.25, -0.2) is 4.79 Å². The Kier molecular flexibility index (Phi) is 48.5. The van der Waals surface area contributed by atoms with Crippen LogP contribution in [0, 0.1) is 31.6 Å². The van der Waals surface area contributed by atoms with Crippen LogP contribution in [0.15, 0.2) is 82.0 Å². The lowest BCUT2D eigenvalue weighted by molar-refractivity contribution is -0.459. The minimum atomic E-state index is -5.19. The number of hydrogen-bond donors (Lipinski definition) is 19. The molecule has 1 saturated heterocycles. The fraction of sp³-hybridized carbons (Fsp3) is 0.513. The first kappa shape index (κ1) is 117.